The Morgan fingerprint density at radius 2 is 1.79 bits per heavy atom. The van der Waals surface area contributed by atoms with Crippen LogP contribution < -0.4 is 5.32 Å². The number of carbonyl (C=O) groups is 4. The van der Waals surface area contributed by atoms with Crippen LogP contribution in [-0.2, 0) is 9.59 Å². The first-order valence-corrected chi connectivity index (χ1v) is 9.36. The summed E-state index contributed by atoms with van der Waals surface area (Å²) in [4.78, 5) is 50.9. The fraction of sp³-hybridized carbons (Fsp3) is 0.500. The summed E-state index contributed by atoms with van der Waals surface area (Å²) in [6.07, 6.45) is 1.20. The fourth-order valence-corrected chi connectivity index (χ4v) is 3.11. The van der Waals surface area contributed by atoms with Crippen LogP contribution in [0.2, 0.25) is 0 Å². The molecule has 1 aliphatic rings. The summed E-state index contributed by atoms with van der Waals surface area (Å²) in [7, 11) is 1.53. The number of carboxylic acids is 1. The number of likely N-dealkylation sites (tertiary alicyclic amines) is 1. The molecular weight excluding hydrogens is 362 g/mol. The normalized spacial score (nSPS) is 16.6. The molecule has 1 atom stereocenters. The van der Waals surface area contributed by atoms with E-state index in [4.69, 9.17) is 5.11 Å². The molecule has 0 radical (unpaired) electrons. The maximum absolute atomic E-state index is 12.6. The average Bonchev–Trinajstić information content (AvgIpc) is 2.67. The van der Waals surface area contributed by atoms with E-state index in [1.165, 1.54) is 16.8 Å². The third-order valence-corrected chi connectivity index (χ3v) is 4.66. The molecule has 1 unspecified atom stereocenters. The van der Waals surface area contributed by atoms with Crippen LogP contribution in [0.3, 0.4) is 0 Å². The second-order valence-electron chi connectivity index (χ2n) is 7.38. The molecule has 3 amide bonds. The quantitative estimate of drug-likeness (QED) is 0.761. The summed E-state index contributed by atoms with van der Waals surface area (Å²) < 4.78 is 0. The van der Waals surface area contributed by atoms with Gasteiger partial charge in [0.25, 0.3) is 11.8 Å². The van der Waals surface area contributed by atoms with Crippen molar-refractivity contribution >= 4 is 23.7 Å². The number of nitrogens with zero attached hydrogens (tertiary/aromatic N) is 2. The molecule has 28 heavy (non-hydrogen) atoms. The highest BCUT2D eigenvalue weighted by molar-refractivity contribution is 5.99. The van der Waals surface area contributed by atoms with Gasteiger partial charge in [-0.3, -0.25) is 19.2 Å². The molecule has 1 aromatic rings. The molecule has 1 saturated heterocycles. The second-order valence-corrected chi connectivity index (χ2v) is 7.38. The highest BCUT2D eigenvalue weighted by atomic mass is 16.4. The lowest BCUT2D eigenvalue weighted by Crippen LogP contribution is -2.46. The highest BCUT2D eigenvalue weighted by Crippen LogP contribution is 2.17. The number of hydrogen-bond donors (Lipinski definition) is 2. The lowest BCUT2D eigenvalue weighted by molar-refractivity contribution is -0.145. The van der Waals surface area contributed by atoms with Crippen LogP contribution in [0, 0.1) is 5.92 Å². The van der Waals surface area contributed by atoms with Crippen molar-refractivity contribution in [3.05, 3.63) is 35.4 Å². The fourth-order valence-electron chi connectivity index (χ4n) is 3.11. The number of amides is 3. The van der Waals surface area contributed by atoms with Crippen LogP contribution in [-0.4, -0.2) is 71.3 Å². The average molecular weight is 389 g/mol. The maximum atomic E-state index is 12.6. The summed E-state index contributed by atoms with van der Waals surface area (Å²) in [5, 5.41) is 11.9. The van der Waals surface area contributed by atoms with Crippen LogP contribution in [0.15, 0.2) is 24.3 Å². The van der Waals surface area contributed by atoms with E-state index in [0.717, 1.165) is 0 Å². The van der Waals surface area contributed by atoms with E-state index in [-0.39, 0.29) is 36.9 Å². The van der Waals surface area contributed by atoms with Gasteiger partial charge in [0, 0.05) is 37.3 Å². The summed E-state index contributed by atoms with van der Waals surface area (Å²) in [6, 6.07) is 6.27. The maximum Gasteiger partial charge on any atom is 0.308 e. The number of likely N-dealkylation sites (N-methyl/N-ethyl adjacent to an activating group) is 1. The Hall–Kier alpha value is -2.90. The standard InChI is InChI=1S/C20H27N3O5/c1-13(2)21-18(25)14-6-8-15(9-7-14)19(26)22(3)12-17(24)23-10-4-5-16(11-23)20(27)28/h6-9,13,16H,4-5,10-12H2,1-3H3,(H,21,25)(H,27,28). The molecule has 0 aromatic heterocycles. The van der Waals surface area contributed by atoms with E-state index in [2.05, 4.69) is 5.32 Å². The Bertz CT molecular complexity index is 745. The monoisotopic (exact) mass is 389 g/mol. The van der Waals surface area contributed by atoms with Gasteiger partial charge in [0.05, 0.1) is 12.5 Å². The molecule has 1 heterocycles. The molecule has 2 N–H and O–H groups in total. The smallest absolute Gasteiger partial charge is 0.308 e. The van der Waals surface area contributed by atoms with E-state index in [9.17, 15) is 19.2 Å². The molecule has 1 aromatic carbocycles. The Labute approximate surface area is 164 Å². The second kappa shape index (κ2) is 9.34. The minimum absolute atomic E-state index is 0.0152. The molecule has 2 rings (SSSR count). The Kier molecular flexibility index (Phi) is 7.14. The molecule has 0 bridgehead atoms. The van der Waals surface area contributed by atoms with Crippen LogP contribution >= 0.6 is 0 Å². The number of benzene rings is 1. The van der Waals surface area contributed by atoms with Crippen molar-refractivity contribution in [2.24, 2.45) is 5.92 Å². The van der Waals surface area contributed by atoms with E-state index < -0.39 is 11.9 Å². The first kappa shape index (κ1) is 21.4. The lowest BCUT2D eigenvalue weighted by atomic mass is 9.98. The van der Waals surface area contributed by atoms with Crippen molar-refractivity contribution in [3.8, 4) is 0 Å². The Balaban J connectivity index is 1.95. The third-order valence-electron chi connectivity index (χ3n) is 4.66. The van der Waals surface area contributed by atoms with Crippen molar-refractivity contribution in [2.45, 2.75) is 32.7 Å². The summed E-state index contributed by atoms with van der Waals surface area (Å²) in [5.41, 5.74) is 0.829. The van der Waals surface area contributed by atoms with Gasteiger partial charge in [-0.25, -0.2) is 0 Å². The molecule has 1 fully saturated rings. The zero-order valence-corrected chi connectivity index (χ0v) is 16.5. The Morgan fingerprint density at radius 1 is 1.18 bits per heavy atom. The number of hydrogen-bond acceptors (Lipinski definition) is 4. The SMILES string of the molecule is CC(C)NC(=O)c1ccc(C(=O)N(C)CC(=O)N2CCCC(C(=O)O)C2)cc1. The number of piperidine rings is 1. The topological polar surface area (TPSA) is 107 Å². The van der Waals surface area contributed by atoms with Crippen LogP contribution in [0.5, 0.6) is 0 Å². The van der Waals surface area contributed by atoms with Crippen molar-refractivity contribution in [1.29, 1.82) is 0 Å². The van der Waals surface area contributed by atoms with Gasteiger partial charge in [-0.15, -0.1) is 0 Å². The predicted molar refractivity (Wildman–Crippen MR) is 103 cm³/mol. The van der Waals surface area contributed by atoms with Crippen molar-refractivity contribution in [2.75, 3.05) is 26.7 Å². The number of nitrogens with one attached hydrogen (secondary N) is 1. The Morgan fingerprint density at radius 3 is 2.36 bits per heavy atom. The van der Waals surface area contributed by atoms with Gasteiger partial charge in [0.1, 0.15) is 0 Å². The van der Waals surface area contributed by atoms with Crippen LogP contribution in [0.1, 0.15) is 47.4 Å². The van der Waals surface area contributed by atoms with Crippen LogP contribution in [0.25, 0.3) is 0 Å². The van der Waals surface area contributed by atoms with Gasteiger partial charge in [0.15, 0.2) is 0 Å². The van der Waals surface area contributed by atoms with Gasteiger partial charge in [-0.2, -0.15) is 0 Å². The molecular formula is C20H27N3O5. The van der Waals surface area contributed by atoms with Crippen molar-refractivity contribution < 1.29 is 24.3 Å². The summed E-state index contributed by atoms with van der Waals surface area (Å²) in [5.74, 6) is -2.27. The summed E-state index contributed by atoms with van der Waals surface area (Å²) >= 11 is 0. The largest absolute Gasteiger partial charge is 0.481 e. The molecule has 0 spiro atoms. The number of carboxylic acid groups (broad SMARTS) is 1. The minimum atomic E-state index is -0.900. The predicted octanol–water partition coefficient (Wildman–Crippen LogP) is 1.22. The van der Waals surface area contributed by atoms with E-state index >= 15 is 0 Å². The minimum Gasteiger partial charge on any atom is -0.481 e. The van der Waals surface area contributed by atoms with Crippen LogP contribution in [0.4, 0.5) is 0 Å². The highest BCUT2D eigenvalue weighted by Gasteiger charge is 2.29. The van der Waals surface area contributed by atoms with E-state index in [1.54, 1.807) is 24.3 Å². The van der Waals surface area contributed by atoms with Gasteiger partial charge in [0.2, 0.25) is 5.91 Å². The van der Waals surface area contributed by atoms with Crippen molar-refractivity contribution in [3.63, 3.8) is 0 Å². The van der Waals surface area contributed by atoms with E-state index in [0.29, 0.717) is 30.5 Å². The van der Waals surface area contributed by atoms with Gasteiger partial charge in [-0.05, 0) is 51.0 Å². The summed E-state index contributed by atoms with van der Waals surface area (Å²) in [6.45, 7) is 4.28. The molecule has 0 aliphatic carbocycles. The molecule has 152 valence electrons. The zero-order valence-electron chi connectivity index (χ0n) is 16.5. The molecule has 1 aliphatic heterocycles. The van der Waals surface area contributed by atoms with Gasteiger partial charge >= 0.3 is 5.97 Å². The first-order valence-electron chi connectivity index (χ1n) is 9.36. The third kappa shape index (κ3) is 5.55. The number of rotatable bonds is 6. The number of carbonyl (C=O) groups excluding carboxylic acids is 3. The van der Waals surface area contributed by atoms with Crippen molar-refractivity contribution in [1.82, 2.24) is 15.1 Å². The zero-order chi connectivity index (χ0) is 20.8. The number of aliphatic carboxylic acids is 1. The molecule has 8 heteroatoms. The molecule has 0 saturated carbocycles. The van der Waals surface area contributed by atoms with Gasteiger partial charge < -0.3 is 20.2 Å². The lowest BCUT2D eigenvalue weighted by Gasteiger charge is -2.32. The first-order chi connectivity index (χ1) is 13.2. The molecule has 8 nitrogen and oxygen atoms in total. The van der Waals surface area contributed by atoms with E-state index in [1.807, 2.05) is 13.8 Å². The van der Waals surface area contributed by atoms with Gasteiger partial charge in [-0.1, -0.05) is 0 Å².